The molecule has 6 N–H and O–H groups in total. The second-order valence-corrected chi connectivity index (χ2v) is 27.1. The summed E-state index contributed by atoms with van der Waals surface area (Å²) in [4.78, 5) is 1.45. The van der Waals surface area contributed by atoms with Gasteiger partial charge in [-0.15, -0.1) is 0 Å². The first kappa shape index (κ1) is 103. The summed E-state index contributed by atoms with van der Waals surface area (Å²) in [5, 5.41) is 40.0. The Hall–Kier alpha value is -4.69. The van der Waals surface area contributed by atoms with Crippen molar-refractivity contribution in [3.63, 3.8) is 0 Å². The number of halogens is 5. The average Bonchev–Trinajstić information content (AvgIpc) is 0.807. The standard InChI is InChI=1S/C26H32BN2O4S.C25H30BN2O4S.2C10H16.2C2H6.2CH3.BF3.ClH.FH.2Ru/c1-21-15-17-24(18-16-21)34(32,33)28-25(22-11-5-3-6-12-22)26(23-13-7-4-8-14-23)29(2)20-10-9-19-27(30)31;1-20-14-16-23(17-15-20)33(31,32)28-25(22-12-6-3-7-13-22)24(21-10-4-2-5-11-21)27-19-9-8-18-26(29)30;2*1-8(2)10-6-4-9(3)5-7-10;2*1-2;;;2-1(3)4;;;;/h3-8,11-18,25-26,30-31H,9-10,19-20H2,1-2H3;2-7,10-17,24-25,27,29-30H,8-9,18-19H2,1H3;2*4,6,8H,5,7H2,1-3H3;2*1-2H3;2*1H3;;2*1H;;/q2*-1;;;;;2*-1;;;;+3;+4/p-1/t25-,26-;24-,25-;;;;;;;;;;;/m11.........../s1. The molecule has 6 aromatic rings. The normalized spacial score (nSPS) is 13.4. The number of unbranched alkanes of at least 4 members (excludes halogenated alkanes) is 2. The van der Waals surface area contributed by atoms with Crippen molar-refractivity contribution in [2.75, 3.05) is 20.1 Å². The van der Waals surface area contributed by atoms with Crippen LogP contribution in [-0.4, -0.2) is 78.8 Å². The van der Waals surface area contributed by atoms with E-state index in [4.69, 9.17) is 20.1 Å². The van der Waals surface area contributed by atoms with Crippen LogP contribution in [0.1, 0.15) is 178 Å². The van der Waals surface area contributed by atoms with Crippen molar-refractivity contribution in [1.82, 2.24) is 5.32 Å². The van der Waals surface area contributed by atoms with Crippen molar-refractivity contribution in [2.45, 2.75) is 181 Å². The number of aryl methyl sites for hydroxylation is 2. The number of rotatable bonds is 26. The van der Waals surface area contributed by atoms with Gasteiger partial charge in [-0.05, 0) is 140 Å². The minimum Gasteiger partial charge on any atom is -1.00 e. The Morgan fingerprint density at radius 2 is 0.812 bits per heavy atom. The number of hydrogen-bond donors (Lipinski definition) is 6. The third kappa shape index (κ3) is 42.2. The maximum Gasteiger partial charge on any atom is 3.00 e. The van der Waals surface area contributed by atoms with Gasteiger partial charge in [0.25, 0.3) is 0 Å². The van der Waals surface area contributed by atoms with Gasteiger partial charge in [0.15, 0.2) is 0 Å². The third-order valence-corrected chi connectivity index (χ3v) is 18.4. The van der Waals surface area contributed by atoms with Crippen molar-refractivity contribution >= 4 is 51.5 Å². The molecule has 2 aliphatic rings. The van der Waals surface area contributed by atoms with Crippen molar-refractivity contribution in [3.05, 3.63) is 274 Å². The number of sulfonamides is 2. The summed E-state index contributed by atoms with van der Waals surface area (Å²) < 4.78 is 91.2. The van der Waals surface area contributed by atoms with Crippen molar-refractivity contribution in [3.8, 4) is 0 Å². The van der Waals surface area contributed by atoms with Crippen LogP contribution in [0, 0.1) is 40.5 Å². The van der Waals surface area contributed by atoms with E-state index in [2.05, 4.69) is 90.3 Å². The Balaban J connectivity index is -0.000000647. The minimum atomic E-state index is -3.91. The summed E-state index contributed by atoms with van der Waals surface area (Å²) in [6.45, 7) is 26.6. The summed E-state index contributed by atoms with van der Waals surface area (Å²) in [6.07, 6.45) is 17.6. The van der Waals surface area contributed by atoms with Crippen LogP contribution in [0.3, 0.4) is 0 Å². The smallest absolute Gasteiger partial charge is 1.00 e. The van der Waals surface area contributed by atoms with Gasteiger partial charge in [0.1, 0.15) is 26.1 Å². The molecule has 12 nitrogen and oxygen atoms in total. The van der Waals surface area contributed by atoms with Gasteiger partial charge >= 0.3 is 68.3 Å². The Bertz CT molecular complexity index is 3350. The number of benzene rings is 6. The number of nitrogens with one attached hydrogen (secondary N) is 2. The zero-order valence-electron chi connectivity index (χ0n) is 61.9. The van der Waals surface area contributed by atoms with Crippen LogP contribution < -0.4 is 14.9 Å². The van der Waals surface area contributed by atoms with Gasteiger partial charge in [-0.2, -0.15) is 0 Å². The van der Waals surface area contributed by atoms with Crippen molar-refractivity contribution < 1.29 is 96.3 Å². The molecule has 0 heterocycles. The summed E-state index contributed by atoms with van der Waals surface area (Å²) >= 11 is 1.82. The van der Waals surface area contributed by atoms with Gasteiger partial charge in [-0.1, -0.05) is 282 Å². The maximum atomic E-state index is 13.4. The molecule has 0 amide bonds. The van der Waals surface area contributed by atoms with Crippen LogP contribution in [0.2, 0.25) is 12.6 Å². The molecule has 24 heteroatoms. The van der Waals surface area contributed by atoms with Gasteiger partial charge in [-0.3, -0.25) is 12.9 Å². The zero-order valence-corrected chi connectivity index (χ0v) is 67.8. The first-order valence-electron chi connectivity index (χ1n) is 33.6. The van der Waals surface area contributed by atoms with E-state index in [1.165, 1.54) is 36.8 Å². The van der Waals surface area contributed by atoms with Crippen LogP contribution in [0.4, 0.5) is 12.9 Å². The molecule has 0 aliphatic heterocycles. The molecule has 559 valence electrons. The Labute approximate surface area is 635 Å². The van der Waals surface area contributed by atoms with E-state index in [9.17, 15) is 29.8 Å². The second kappa shape index (κ2) is 58.6. The van der Waals surface area contributed by atoms with Crippen LogP contribution >= 0.6 is 9.69 Å². The van der Waals surface area contributed by atoms with E-state index in [-0.39, 0.29) is 60.9 Å². The quantitative estimate of drug-likeness (QED) is 0.0133. The fourth-order valence-corrected chi connectivity index (χ4v) is 12.6. The van der Waals surface area contributed by atoms with Crippen LogP contribution in [-0.2, 0) is 56.8 Å². The molecule has 0 saturated carbocycles. The average molecular weight is 1630 g/mol. The number of nitrogens with zero attached hydrogens (tertiary/aromatic N) is 2. The third-order valence-electron chi connectivity index (χ3n) is 15.7. The molecular weight excluding hydrogens is 1520 g/mol. The summed E-state index contributed by atoms with van der Waals surface area (Å²) in [7, 11) is -7.49. The Kier molecular flexibility index (Phi) is 59.5. The van der Waals surface area contributed by atoms with Gasteiger partial charge in [0, 0.05) is 21.4 Å². The molecule has 0 aromatic heterocycles. The number of likely N-dealkylation sites (N-methyl/N-ethyl adjacent to an activating group) is 1. The predicted molar refractivity (Wildman–Crippen MR) is 411 cm³/mol. The summed E-state index contributed by atoms with van der Waals surface area (Å²) in [5.41, 5.74) is 11.8. The van der Waals surface area contributed by atoms with Crippen LogP contribution in [0.25, 0.3) is 9.44 Å². The van der Waals surface area contributed by atoms with Gasteiger partial charge in [-0.25, -0.2) is 16.8 Å². The molecular formula is C77H113B3ClF4N4O8Ru2S2+2. The minimum absolute atomic E-state index is 0. The van der Waals surface area contributed by atoms with E-state index in [1.807, 2.05) is 187 Å². The van der Waals surface area contributed by atoms with E-state index in [0.717, 1.165) is 63.1 Å². The zero-order chi connectivity index (χ0) is 72.9. The largest absolute Gasteiger partial charge is 3.00 e. The number of quaternary nitrogens is 1. The predicted octanol–water partition coefficient (Wildman–Crippen LogP) is 15.8. The fourth-order valence-electron chi connectivity index (χ4n) is 10.3. The van der Waals surface area contributed by atoms with Crippen LogP contribution in [0.5, 0.6) is 0 Å². The molecule has 0 saturated heterocycles. The SMILES string of the molecule is CC.CC.CC1=CC=C(C(C)C)CC1.CC1=CC=C(C(C)C)CC1.Cc1ccc(S(=O)(=O)[N-][C@H](c2ccccc2)[C@@H](c2ccccc2)[NH+](C)CCCCB(O)O)cc1.Cc1ccc(S(=O)(=O)[N-][C@H](c2ccccc2)[C@H](NCCCCB(O)O)c2ccccc2)cc1.FB(F)F.[CH3-].[CH3-].[Cl][Ru+3].[F-].[Ru+3]. The van der Waals surface area contributed by atoms with Crippen LogP contribution in [0.15, 0.2) is 226 Å². The molecule has 1 radical (unpaired) electrons. The van der Waals surface area contributed by atoms with E-state index in [1.54, 1.807) is 59.7 Å². The molecule has 8 rings (SSSR count). The Morgan fingerprint density at radius 3 is 1.14 bits per heavy atom. The van der Waals surface area contributed by atoms with Crippen molar-refractivity contribution in [2.24, 2.45) is 11.8 Å². The molecule has 5 atom stereocenters. The monoisotopic (exact) mass is 1630 g/mol. The summed E-state index contributed by atoms with van der Waals surface area (Å²) in [6, 6.07) is 50.0. The number of allylic oxidation sites excluding steroid dienone is 8. The number of hydrogen-bond acceptors (Lipinski definition) is 9. The topological polar surface area (TPSA) is 194 Å². The molecule has 1 unspecified atom stereocenters. The fraction of sp³-hybridized carbons (Fsp3) is 0.403. The Morgan fingerprint density at radius 1 is 0.495 bits per heavy atom. The second-order valence-electron chi connectivity index (χ2n) is 23.8. The molecule has 0 bridgehead atoms. The van der Waals surface area contributed by atoms with E-state index < -0.39 is 53.9 Å². The first-order valence-corrected chi connectivity index (χ1v) is 38.7. The van der Waals surface area contributed by atoms with Gasteiger partial charge in [0.2, 0.25) is 0 Å². The van der Waals surface area contributed by atoms with E-state index in [0.29, 0.717) is 38.4 Å². The molecule has 6 aromatic carbocycles. The first-order chi connectivity index (χ1) is 46.3. The van der Waals surface area contributed by atoms with Gasteiger partial charge in [0.05, 0.1) is 13.6 Å². The molecule has 101 heavy (non-hydrogen) atoms. The molecule has 2 aliphatic carbocycles. The maximum absolute atomic E-state index is 13.4. The molecule has 0 spiro atoms. The van der Waals surface area contributed by atoms with Crippen molar-refractivity contribution in [1.29, 1.82) is 0 Å². The molecule has 0 fully saturated rings. The van der Waals surface area contributed by atoms with Gasteiger partial charge < -0.3 is 59.3 Å². The summed E-state index contributed by atoms with van der Waals surface area (Å²) in [5.74, 6) is 1.48. The van der Waals surface area contributed by atoms with E-state index >= 15 is 0 Å².